The molecule has 0 aliphatic rings. The molecule has 1 N–H and O–H groups in total. The first-order chi connectivity index (χ1) is 12.1. The molecule has 1 aromatic heterocycles. The van der Waals surface area contributed by atoms with E-state index in [-0.39, 0.29) is 29.9 Å². The number of carbonyl (C=O) groups is 2. The lowest BCUT2D eigenvalue weighted by atomic mass is 10.0. The lowest BCUT2D eigenvalue weighted by molar-refractivity contribution is -0.679. The predicted molar refractivity (Wildman–Crippen MR) is 98.4 cm³/mol. The van der Waals surface area contributed by atoms with Gasteiger partial charge in [0, 0.05) is 31.3 Å². The van der Waals surface area contributed by atoms with Crippen molar-refractivity contribution in [3.8, 4) is 0 Å². The first-order valence-electron chi connectivity index (χ1n) is 8.66. The molecule has 0 radical (unpaired) electrons. The minimum atomic E-state index is 0. The van der Waals surface area contributed by atoms with E-state index in [4.69, 9.17) is 0 Å². The summed E-state index contributed by atoms with van der Waals surface area (Å²) in [5.74, 6) is 0.0627. The smallest absolute Gasteiger partial charge is 0.259 e. The van der Waals surface area contributed by atoms with Crippen LogP contribution in [0, 0.1) is 0 Å². The minimum Gasteiger partial charge on any atom is -1.00 e. The van der Waals surface area contributed by atoms with Gasteiger partial charge in [0.25, 0.3) is 5.91 Å². The van der Waals surface area contributed by atoms with E-state index in [0.29, 0.717) is 25.1 Å². The molecule has 0 atom stereocenters. The van der Waals surface area contributed by atoms with Crippen LogP contribution >= 0.6 is 0 Å². The van der Waals surface area contributed by atoms with Gasteiger partial charge in [0.2, 0.25) is 6.41 Å². The summed E-state index contributed by atoms with van der Waals surface area (Å²) in [5, 5.41) is 2.74. The van der Waals surface area contributed by atoms with Crippen molar-refractivity contribution < 1.29 is 38.1 Å². The molecule has 0 saturated carbocycles. The summed E-state index contributed by atoms with van der Waals surface area (Å²) < 4.78 is 2.01. The Labute approximate surface area is 172 Å². The summed E-state index contributed by atoms with van der Waals surface area (Å²) in [6, 6.07) is 11.7. The van der Waals surface area contributed by atoms with Gasteiger partial charge in [-0.1, -0.05) is 18.2 Å². The number of pyridine rings is 1. The quantitative estimate of drug-likeness (QED) is 0.319. The number of aromatic nitrogens is 1. The zero-order chi connectivity index (χ0) is 18.2. The molecule has 0 aliphatic carbocycles. The van der Waals surface area contributed by atoms with Crippen molar-refractivity contribution in [2.45, 2.75) is 26.7 Å². The zero-order valence-corrected chi connectivity index (χ0v) is 17.7. The average molecular weight is 467 g/mol. The van der Waals surface area contributed by atoms with Gasteiger partial charge in [0.1, 0.15) is 12.6 Å². The zero-order valence-electron chi connectivity index (χ0n) is 15.5. The van der Waals surface area contributed by atoms with E-state index in [1.54, 1.807) is 0 Å². The molecule has 0 bridgehead atoms. The van der Waals surface area contributed by atoms with Gasteiger partial charge >= 0.3 is 0 Å². The Bertz CT molecular complexity index is 746. The third kappa shape index (κ3) is 5.52. The molecule has 2 aromatic rings. The highest BCUT2D eigenvalue weighted by Crippen LogP contribution is 2.16. The van der Waals surface area contributed by atoms with Gasteiger partial charge in [-0.15, -0.1) is 0 Å². The van der Waals surface area contributed by atoms with Crippen molar-refractivity contribution in [1.29, 1.82) is 0 Å². The maximum Gasteiger partial charge on any atom is 0.259 e. The lowest BCUT2D eigenvalue weighted by Gasteiger charge is -2.17. The van der Waals surface area contributed by atoms with Crippen LogP contribution in [0.25, 0.3) is 0 Å². The van der Waals surface area contributed by atoms with Crippen LogP contribution in [-0.2, 0) is 24.7 Å². The highest BCUT2D eigenvalue weighted by atomic mass is 127. The second-order valence-electron chi connectivity index (χ2n) is 5.92. The predicted octanol–water partition coefficient (Wildman–Crippen LogP) is -0.649. The maximum atomic E-state index is 12.4. The summed E-state index contributed by atoms with van der Waals surface area (Å²) in [6.45, 7) is 5.39. The number of hydrogen-bond acceptors (Lipinski definition) is 2. The topological polar surface area (TPSA) is 53.3 Å². The maximum absolute atomic E-state index is 12.4. The molecule has 1 aromatic carbocycles. The number of benzene rings is 1. The number of halogens is 1. The summed E-state index contributed by atoms with van der Waals surface area (Å²) in [4.78, 5) is 25.0. The largest absolute Gasteiger partial charge is 1.00 e. The molecule has 26 heavy (non-hydrogen) atoms. The first-order valence-corrected chi connectivity index (χ1v) is 8.66. The number of anilines is 1. The van der Waals surface area contributed by atoms with Crippen LogP contribution in [0.15, 0.2) is 42.6 Å². The van der Waals surface area contributed by atoms with E-state index >= 15 is 0 Å². The molecule has 0 unspecified atom stereocenters. The number of hydrogen-bond donors (Lipinski definition) is 1. The second-order valence-corrected chi connectivity index (χ2v) is 5.92. The number of rotatable bonds is 8. The van der Waals surface area contributed by atoms with Crippen molar-refractivity contribution in [3.05, 3.63) is 59.4 Å². The van der Waals surface area contributed by atoms with Crippen molar-refractivity contribution in [2.24, 2.45) is 7.05 Å². The highest BCUT2D eigenvalue weighted by molar-refractivity contribution is 5.93. The third-order valence-electron chi connectivity index (χ3n) is 4.42. The lowest BCUT2D eigenvalue weighted by Crippen LogP contribution is -3.00. The summed E-state index contributed by atoms with van der Waals surface area (Å²) in [7, 11) is 1.96. The van der Waals surface area contributed by atoms with Gasteiger partial charge in [-0.25, -0.2) is 4.57 Å². The van der Waals surface area contributed by atoms with Crippen LogP contribution in [0.1, 0.15) is 35.5 Å². The monoisotopic (exact) mass is 467 g/mol. The van der Waals surface area contributed by atoms with Gasteiger partial charge in [0.15, 0.2) is 11.9 Å². The standard InChI is InChI=1S/C20H25N3O2.HI/c1-4-23(5-2)20(25)17-11-13-18(22(3)14-17)12-10-16-8-6-7-9-19(16)21-15-24;/h6-9,11,13-15H,4-5,10,12H2,1-3H3;1H. The van der Waals surface area contributed by atoms with E-state index in [2.05, 4.69) is 5.32 Å². The summed E-state index contributed by atoms with van der Waals surface area (Å²) in [5.41, 5.74) is 3.78. The molecule has 5 nitrogen and oxygen atoms in total. The number of carbonyl (C=O) groups excluding carboxylic acids is 2. The third-order valence-corrected chi connectivity index (χ3v) is 4.42. The Morgan fingerprint density at radius 2 is 1.81 bits per heavy atom. The normalized spacial score (nSPS) is 9.96. The van der Waals surface area contributed by atoms with E-state index < -0.39 is 0 Å². The fourth-order valence-corrected chi connectivity index (χ4v) is 2.92. The Morgan fingerprint density at radius 3 is 2.42 bits per heavy atom. The molecule has 140 valence electrons. The number of para-hydroxylation sites is 1. The van der Waals surface area contributed by atoms with E-state index in [1.807, 2.05) is 73.0 Å². The van der Waals surface area contributed by atoms with Crippen molar-refractivity contribution >= 4 is 18.0 Å². The van der Waals surface area contributed by atoms with E-state index in [1.165, 1.54) is 0 Å². The molecule has 2 rings (SSSR count). The fourth-order valence-electron chi connectivity index (χ4n) is 2.92. The molecule has 1 heterocycles. The number of aryl methyl sites for hydroxylation is 3. The summed E-state index contributed by atoms with van der Waals surface area (Å²) >= 11 is 0. The molecule has 2 amide bonds. The highest BCUT2D eigenvalue weighted by Gasteiger charge is 2.17. The number of amides is 2. The fraction of sp³-hybridized carbons (Fsp3) is 0.350. The van der Waals surface area contributed by atoms with Crippen molar-refractivity contribution in [2.75, 3.05) is 18.4 Å². The van der Waals surface area contributed by atoms with Crippen LogP contribution < -0.4 is 33.9 Å². The van der Waals surface area contributed by atoms with E-state index in [9.17, 15) is 9.59 Å². The van der Waals surface area contributed by atoms with Crippen LogP contribution in [0.2, 0.25) is 0 Å². The molecule has 6 heteroatoms. The Balaban J connectivity index is 0.00000338. The van der Waals surface area contributed by atoms with Crippen molar-refractivity contribution in [3.63, 3.8) is 0 Å². The molecular formula is C20H26IN3O2. The van der Waals surface area contributed by atoms with Gasteiger partial charge < -0.3 is 34.2 Å². The Morgan fingerprint density at radius 1 is 1.12 bits per heavy atom. The number of nitrogens with zero attached hydrogens (tertiary/aromatic N) is 2. The van der Waals surface area contributed by atoms with Crippen LogP contribution in [-0.4, -0.2) is 30.3 Å². The van der Waals surface area contributed by atoms with Gasteiger partial charge in [-0.2, -0.15) is 0 Å². The van der Waals surface area contributed by atoms with Crippen molar-refractivity contribution in [1.82, 2.24) is 4.90 Å². The van der Waals surface area contributed by atoms with Gasteiger partial charge in [-0.3, -0.25) is 9.59 Å². The Kier molecular flexibility index (Phi) is 9.26. The Hall–Kier alpha value is -1.96. The van der Waals surface area contributed by atoms with Crippen LogP contribution in [0.3, 0.4) is 0 Å². The SMILES string of the molecule is CCN(CC)C(=O)c1ccc(CCc2ccccc2NC=O)[n+](C)c1.[I-]. The van der Waals surface area contributed by atoms with E-state index in [0.717, 1.165) is 29.8 Å². The molecular weight excluding hydrogens is 441 g/mol. The molecule has 0 aliphatic heterocycles. The average Bonchev–Trinajstić information content (AvgIpc) is 2.63. The van der Waals surface area contributed by atoms with Gasteiger partial charge in [-0.05, 0) is 38.0 Å². The summed E-state index contributed by atoms with van der Waals surface area (Å²) in [6.07, 6.45) is 4.24. The van der Waals surface area contributed by atoms with Gasteiger partial charge in [0.05, 0.1) is 0 Å². The second kappa shape index (κ2) is 10.9. The minimum absolute atomic E-state index is 0. The first kappa shape index (κ1) is 22.1. The van der Waals surface area contributed by atoms with Crippen LogP contribution in [0.4, 0.5) is 5.69 Å². The van der Waals surface area contributed by atoms with Crippen LogP contribution in [0.5, 0.6) is 0 Å². The molecule has 0 saturated heterocycles. The number of nitrogens with one attached hydrogen (secondary N) is 1. The molecule has 0 fully saturated rings. The molecule has 0 spiro atoms.